The third kappa shape index (κ3) is 1.55. The SMILES string of the molecule is C=CC(=O)N(C)C12CC3CC(CC(O)(C3)C1)C2. The molecule has 0 aromatic carbocycles. The lowest BCUT2D eigenvalue weighted by molar-refractivity contribution is -0.176. The van der Waals surface area contributed by atoms with Gasteiger partial charge < -0.3 is 10.0 Å². The molecule has 94 valence electrons. The number of aliphatic hydroxyl groups is 1. The summed E-state index contributed by atoms with van der Waals surface area (Å²) in [6, 6.07) is 0. The van der Waals surface area contributed by atoms with E-state index in [2.05, 4.69) is 6.58 Å². The molecule has 4 aliphatic rings. The highest BCUT2D eigenvalue weighted by Crippen LogP contribution is 2.59. The largest absolute Gasteiger partial charge is 0.390 e. The van der Waals surface area contributed by atoms with E-state index in [4.69, 9.17) is 0 Å². The first-order valence-corrected chi connectivity index (χ1v) is 6.59. The molecule has 1 amide bonds. The van der Waals surface area contributed by atoms with Crippen LogP contribution in [-0.2, 0) is 4.79 Å². The molecule has 0 aromatic heterocycles. The molecule has 4 fully saturated rings. The third-order valence-electron chi connectivity index (χ3n) is 5.22. The lowest BCUT2D eigenvalue weighted by Crippen LogP contribution is -2.65. The molecule has 4 saturated carbocycles. The average molecular weight is 235 g/mol. The predicted octanol–water partition coefficient (Wildman–Crippen LogP) is 1.71. The van der Waals surface area contributed by atoms with Gasteiger partial charge in [-0.2, -0.15) is 0 Å². The number of likely N-dealkylation sites (N-methyl/N-ethyl adjacent to an activating group) is 1. The Bertz CT molecular complexity index is 362. The second-order valence-electron chi connectivity index (χ2n) is 6.51. The summed E-state index contributed by atoms with van der Waals surface area (Å²) in [7, 11) is 1.88. The molecule has 0 saturated heterocycles. The molecule has 1 N–H and O–H groups in total. The minimum Gasteiger partial charge on any atom is -0.390 e. The Balaban J connectivity index is 1.93. The van der Waals surface area contributed by atoms with Gasteiger partial charge in [0.2, 0.25) is 5.91 Å². The van der Waals surface area contributed by atoms with Crippen molar-refractivity contribution in [3.63, 3.8) is 0 Å². The predicted molar refractivity (Wildman–Crippen MR) is 65.3 cm³/mol. The lowest BCUT2D eigenvalue weighted by atomic mass is 9.50. The topological polar surface area (TPSA) is 40.5 Å². The van der Waals surface area contributed by atoms with Crippen LogP contribution in [-0.4, -0.2) is 34.1 Å². The van der Waals surface area contributed by atoms with Crippen molar-refractivity contribution in [2.75, 3.05) is 7.05 Å². The van der Waals surface area contributed by atoms with E-state index in [1.54, 1.807) is 0 Å². The van der Waals surface area contributed by atoms with E-state index in [1.807, 2.05) is 11.9 Å². The van der Waals surface area contributed by atoms with Gasteiger partial charge in [0.05, 0.1) is 5.60 Å². The van der Waals surface area contributed by atoms with E-state index in [0.717, 1.165) is 32.1 Å². The van der Waals surface area contributed by atoms with Gasteiger partial charge >= 0.3 is 0 Å². The fourth-order valence-electron chi connectivity index (χ4n) is 4.93. The van der Waals surface area contributed by atoms with Crippen molar-refractivity contribution in [2.45, 2.75) is 49.7 Å². The maximum atomic E-state index is 11.9. The Morgan fingerprint density at radius 3 is 2.41 bits per heavy atom. The number of carbonyl (C=O) groups is 1. The number of rotatable bonds is 2. The molecular formula is C14H21NO2. The molecule has 0 spiro atoms. The van der Waals surface area contributed by atoms with Gasteiger partial charge in [-0.05, 0) is 56.4 Å². The zero-order valence-electron chi connectivity index (χ0n) is 10.5. The number of nitrogens with zero attached hydrogens (tertiary/aromatic N) is 1. The summed E-state index contributed by atoms with van der Waals surface area (Å²) in [5, 5.41) is 10.6. The first kappa shape index (κ1) is 11.3. The summed E-state index contributed by atoms with van der Waals surface area (Å²) in [6.07, 6.45) is 7.44. The van der Waals surface area contributed by atoms with Crippen LogP contribution in [0.15, 0.2) is 12.7 Å². The van der Waals surface area contributed by atoms with E-state index in [9.17, 15) is 9.90 Å². The van der Waals surface area contributed by atoms with Crippen molar-refractivity contribution in [1.29, 1.82) is 0 Å². The first-order chi connectivity index (χ1) is 7.96. The van der Waals surface area contributed by atoms with Crippen LogP contribution in [0.1, 0.15) is 38.5 Å². The molecule has 4 rings (SSSR count). The Hall–Kier alpha value is -0.830. The van der Waals surface area contributed by atoms with Crippen molar-refractivity contribution in [3.05, 3.63) is 12.7 Å². The van der Waals surface area contributed by atoms with Crippen LogP contribution in [0.4, 0.5) is 0 Å². The fourth-order valence-corrected chi connectivity index (χ4v) is 4.93. The van der Waals surface area contributed by atoms with Crippen LogP contribution < -0.4 is 0 Å². The Morgan fingerprint density at radius 1 is 1.35 bits per heavy atom. The maximum Gasteiger partial charge on any atom is 0.246 e. The van der Waals surface area contributed by atoms with Gasteiger partial charge in [-0.3, -0.25) is 4.79 Å². The van der Waals surface area contributed by atoms with Gasteiger partial charge in [-0.15, -0.1) is 0 Å². The quantitative estimate of drug-likeness (QED) is 0.740. The highest BCUT2D eigenvalue weighted by Gasteiger charge is 2.59. The third-order valence-corrected chi connectivity index (χ3v) is 5.22. The van der Waals surface area contributed by atoms with Crippen LogP contribution in [0.5, 0.6) is 0 Å². The summed E-state index contributed by atoms with van der Waals surface area (Å²) in [5.74, 6) is 1.22. The van der Waals surface area contributed by atoms with Crippen molar-refractivity contribution in [1.82, 2.24) is 4.90 Å². The second-order valence-corrected chi connectivity index (χ2v) is 6.51. The van der Waals surface area contributed by atoms with Crippen molar-refractivity contribution in [3.8, 4) is 0 Å². The Morgan fingerprint density at radius 2 is 1.94 bits per heavy atom. The van der Waals surface area contributed by atoms with Crippen LogP contribution in [0.3, 0.4) is 0 Å². The number of carbonyl (C=O) groups excluding carboxylic acids is 1. The van der Waals surface area contributed by atoms with E-state index in [-0.39, 0.29) is 11.4 Å². The van der Waals surface area contributed by atoms with Crippen LogP contribution in [0.2, 0.25) is 0 Å². The average Bonchev–Trinajstić information content (AvgIpc) is 2.23. The summed E-state index contributed by atoms with van der Waals surface area (Å²) in [5.41, 5.74) is -0.593. The van der Waals surface area contributed by atoms with E-state index in [1.165, 1.54) is 12.5 Å². The molecular weight excluding hydrogens is 214 g/mol. The smallest absolute Gasteiger partial charge is 0.246 e. The van der Waals surface area contributed by atoms with Gasteiger partial charge in [-0.1, -0.05) is 6.58 Å². The fraction of sp³-hybridized carbons (Fsp3) is 0.786. The van der Waals surface area contributed by atoms with Gasteiger partial charge in [0.25, 0.3) is 0 Å². The second kappa shape index (κ2) is 3.35. The number of hydrogen-bond donors (Lipinski definition) is 1. The highest BCUT2D eigenvalue weighted by molar-refractivity contribution is 5.87. The standard InChI is InChI=1S/C14H21NO2/c1-3-12(16)15(2)13-5-10-4-11(6-13)8-14(17,7-10)9-13/h3,10-11,17H,1,4-9H2,2H3. The van der Waals surface area contributed by atoms with Crippen molar-refractivity contribution >= 4 is 5.91 Å². The highest BCUT2D eigenvalue weighted by atomic mass is 16.3. The number of amides is 1. The molecule has 0 heterocycles. The van der Waals surface area contributed by atoms with E-state index < -0.39 is 5.60 Å². The molecule has 2 unspecified atom stereocenters. The maximum absolute atomic E-state index is 11.9. The minimum absolute atomic E-state index is 0.00412. The van der Waals surface area contributed by atoms with Crippen LogP contribution >= 0.6 is 0 Å². The Labute approximate surface area is 102 Å². The normalized spacial score (nSPS) is 46.9. The monoisotopic (exact) mass is 235 g/mol. The zero-order chi connectivity index (χ0) is 12.3. The molecule has 4 aliphatic carbocycles. The molecule has 4 bridgehead atoms. The van der Waals surface area contributed by atoms with Gasteiger partial charge in [0, 0.05) is 12.6 Å². The molecule has 3 nitrogen and oxygen atoms in total. The molecule has 0 aromatic rings. The first-order valence-electron chi connectivity index (χ1n) is 6.59. The Kier molecular flexibility index (Phi) is 2.22. The molecule has 0 aliphatic heterocycles. The van der Waals surface area contributed by atoms with Gasteiger partial charge in [0.1, 0.15) is 0 Å². The molecule has 3 heteroatoms. The zero-order valence-corrected chi connectivity index (χ0v) is 10.5. The lowest BCUT2D eigenvalue weighted by Gasteiger charge is -2.62. The van der Waals surface area contributed by atoms with Crippen LogP contribution in [0, 0.1) is 11.8 Å². The molecule has 17 heavy (non-hydrogen) atoms. The summed E-state index contributed by atoms with van der Waals surface area (Å²) in [4.78, 5) is 13.7. The van der Waals surface area contributed by atoms with E-state index in [0.29, 0.717) is 11.8 Å². The summed E-state index contributed by atoms with van der Waals surface area (Å²) in [6.45, 7) is 3.57. The van der Waals surface area contributed by atoms with Crippen molar-refractivity contribution < 1.29 is 9.90 Å². The molecule has 0 radical (unpaired) electrons. The molecule has 2 atom stereocenters. The van der Waals surface area contributed by atoms with Gasteiger partial charge in [0.15, 0.2) is 0 Å². The van der Waals surface area contributed by atoms with Crippen LogP contribution in [0.25, 0.3) is 0 Å². The van der Waals surface area contributed by atoms with E-state index >= 15 is 0 Å². The summed E-state index contributed by atoms with van der Waals surface area (Å²) >= 11 is 0. The minimum atomic E-state index is -0.500. The number of hydrogen-bond acceptors (Lipinski definition) is 2. The van der Waals surface area contributed by atoms with Gasteiger partial charge in [-0.25, -0.2) is 0 Å². The summed E-state index contributed by atoms with van der Waals surface area (Å²) < 4.78 is 0. The van der Waals surface area contributed by atoms with Crippen molar-refractivity contribution in [2.24, 2.45) is 11.8 Å².